The topological polar surface area (TPSA) is 41.1 Å². The Balaban J connectivity index is 2.62. The zero-order valence-corrected chi connectivity index (χ0v) is 15.1. The molecule has 1 amide bonds. The zero-order valence-electron chi connectivity index (χ0n) is 14.3. The molecule has 0 unspecified atom stereocenters. The summed E-state index contributed by atoms with van der Waals surface area (Å²) in [5.41, 5.74) is -8.58. The Labute approximate surface area is 167 Å². The molecule has 164 valence electrons. The Morgan fingerprint density at radius 3 is 1.80 bits per heavy atom. The van der Waals surface area contributed by atoms with Gasteiger partial charge in [0.05, 0.1) is 16.3 Å². The maximum Gasteiger partial charge on any atom is 0.439 e. The van der Waals surface area contributed by atoms with Crippen molar-refractivity contribution in [3.05, 3.63) is 64.7 Å². The number of alkyl halides is 9. The molecule has 0 heterocycles. The van der Waals surface area contributed by atoms with E-state index in [0.29, 0.717) is 12.1 Å². The van der Waals surface area contributed by atoms with Crippen LogP contribution in [0.5, 0.6) is 0 Å². The number of anilines is 1. The van der Waals surface area contributed by atoms with Crippen LogP contribution in [0.3, 0.4) is 0 Å². The number of amides is 1. The van der Waals surface area contributed by atoms with Crippen LogP contribution in [-0.2, 0) is 6.18 Å². The van der Waals surface area contributed by atoms with Gasteiger partial charge in [0.15, 0.2) is 0 Å². The SMILES string of the molecule is O=C(NC(Nc1cc(C(F)(F)F)ccc1Cl)(C(F)(F)F)C(F)(F)F)c1ccccc1. The van der Waals surface area contributed by atoms with Gasteiger partial charge in [-0.25, -0.2) is 0 Å². The van der Waals surface area contributed by atoms with Crippen molar-refractivity contribution in [2.24, 2.45) is 0 Å². The number of rotatable bonds is 4. The number of nitrogens with one attached hydrogen (secondary N) is 2. The number of hydrogen-bond acceptors (Lipinski definition) is 2. The normalized spacial score (nSPS) is 13.1. The molecule has 0 atom stereocenters. The molecule has 2 aromatic carbocycles. The second kappa shape index (κ2) is 7.89. The van der Waals surface area contributed by atoms with E-state index in [-0.39, 0.29) is 6.07 Å². The number of carbonyl (C=O) groups is 1. The van der Waals surface area contributed by atoms with E-state index in [1.807, 2.05) is 0 Å². The van der Waals surface area contributed by atoms with Gasteiger partial charge < -0.3 is 10.6 Å². The molecule has 0 aliphatic heterocycles. The third-order valence-corrected chi connectivity index (χ3v) is 4.13. The maximum absolute atomic E-state index is 13.6. The average Bonchev–Trinajstić information content (AvgIpc) is 2.60. The van der Waals surface area contributed by atoms with Gasteiger partial charge in [0.1, 0.15) is 0 Å². The molecule has 2 aromatic rings. The Hall–Kier alpha value is -2.63. The monoisotopic (exact) mass is 464 g/mol. The standard InChI is InChI=1S/C17H10ClF9N2O/c18-11-7-6-10(14(19,20)21)8-12(11)28-15(16(22,23)24,17(25,26)27)29-13(30)9-4-2-1-3-5-9/h1-8,28H,(H,29,30). The lowest BCUT2D eigenvalue weighted by molar-refractivity contribution is -0.294. The average molecular weight is 465 g/mol. The van der Waals surface area contributed by atoms with Crippen LogP contribution in [0.25, 0.3) is 0 Å². The fourth-order valence-electron chi connectivity index (χ4n) is 2.31. The van der Waals surface area contributed by atoms with Gasteiger partial charge in [-0.2, -0.15) is 39.5 Å². The lowest BCUT2D eigenvalue weighted by Gasteiger charge is -2.39. The van der Waals surface area contributed by atoms with Crippen LogP contribution in [0, 0.1) is 0 Å². The Morgan fingerprint density at radius 1 is 0.800 bits per heavy atom. The quantitative estimate of drug-likeness (QED) is 0.429. The van der Waals surface area contributed by atoms with Crippen molar-refractivity contribution < 1.29 is 44.3 Å². The molecule has 13 heteroatoms. The molecule has 0 saturated carbocycles. The van der Waals surface area contributed by atoms with Crippen LogP contribution in [0.4, 0.5) is 45.2 Å². The van der Waals surface area contributed by atoms with Gasteiger partial charge in [-0.3, -0.25) is 4.79 Å². The lowest BCUT2D eigenvalue weighted by Crippen LogP contribution is -2.72. The van der Waals surface area contributed by atoms with E-state index < -0.39 is 51.9 Å². The summed E-state index contributed by atoms with van der Waals surface area (Å²) in [4.78, 5) is 12.1. The third-order valence-electron chi connectivity index (χ3n) is 3.80. The summed E-state index contributed by atoms with van der Waals surface area (Å²) in [5.74, 6) is -1.78. The van der Waals surface area contributed by atoms with Gasteiger partial charge in [0, 0.05) is 5.56 Å². The maximum atomic E-state index is 13.6. The summed E-state index contributed by atoms with van der Waals surface area (Å²) >= 11 is 5.53. The minimum Gasteiger partial charge on any atom is -0.346 e. The van der Waals surface area contributed by atoms with E-state index in [2.05, 4.69) is 0 Å². The lowest BCUT2D eigenvalue weighted by atomic mass is 10.1. The molecule has 0 aliphatic rings. The minimum absolute atomic E-state index is 0.0246. The van der Waals surface area contributed by atoms with Crippen LogP contribution in [0.15, 0.2) is 48.5 Å². The first kappa shape index (κ1) is 23.6. The van der Waals surface area contributed by atoms with E-state index in [9.17, 15) is 44.3 Å². The highest BCUT2D eigenvalue weighted by molar-refractivity contribution is 6.33. The number of benzene rings is 2. The second-order valence-electron chi connectivity index (χ2n) is 5.88. The molecule has 2 N–H and O–H groups in total. The van der Waals surface area contributed by atoms with Gasteiger partial charge in [-0.15, -0.1) is 0 Å². The van der Waals surface area contributed by atoms with Crippen LogP contribution in [0.2, 0.25) is 5.02 Å². The predicted molar refractivity (Wildman–Crippen MR) is 88.8 cm³/mol. The highest BCUT2D eigenvalue weighted by atomic mass is 35.5. The molecule has 0 spiro atoms. The largest absolute Gasteiger partial charge is 0.439 e. The molecule has 0 saturated heterocycles. The zero-order chi connectivity index (χ0) is 23.0. The van der Waals surface area contributed by atoms with Crippen molar-refractivity contribution in [1.29, 1.82) is 0 Å². The molecular formula is C17H10ClF9N2O. The van der Waals surface area contributed by atoms with Crippen molar-refractivity contribution in [3.63, 3.8) is 0 Å². The molecule has 30 heavy (non-hydrogen) atoms. The molecular weight excluding hydrogens is 455 g/mol. The van der Waals surface area contributed by atoms with Crippen LogP contribution in [0.1, 0.15) is 15.9 Å². The highest BCUT2D eigenvalue weighted by Gasteiger charge is 2.72. The van der Waals surface area contributed by atoms with Crippen LogP contribution < -0.4 is 10.6 Å². The molecule has 3 nitrogen and oxygen atoms in total. The van der Waals surface area contributed by atoms with Crippen LogP contribution in [-0.4, -0.2) is 23.9 Å². The summed E-state index contributed by atoms with van der Waals surface area (Å²) in [7, 11) is 0. The Morgan fingerprint density at radius 2 is 1.33 bits per heavy atom. The van der Waals surface area contributed by atoms with Crippen molar-refractivity contribution in [2.75, 3.05) is 5.32 Å². The van der Waals surface area contributed by atoms with Crippen molar-refractivity contribution in [2.45, 2.75) is 24.2 Å². The van der Waals surface area contributed by atoms with E-state index in [4.69, 9.17) is 11.6 Å². The summed E-state index contributed by atoms with van der Waals surface area (Å²) < 4.78 is 120. The Kier molecular flexibility index (Phi) is 6.22. The van der Waals surface area contributed by atoms with Gasteiger partial charge in [-0.1, -0.05) is 29.8 Å². The van der Waals surface area contributed by atoms with Gasteiger partial charge in [0.2, 0.25) is 0 Å². The Bertz CT molecular complexity index is 894. The predicted octanol–water partition coefficient (Wildman–Crippen LogP) is 6.02. The molecule has 0 aliphatic carbocycles. The third kappa shape index (κ3) is 4.74. The van der Waals surface area contributed by atoms with Crippen LogP contribution >= 0.6 is 11.6 Å². The summed E-state index contributed by atoms with van der Waals surface area (Å²) in [6.45, 7) is 0. The summed E-state index contributed by atoms with van der Waals surface area (Å²) in [6.07, 6.45) is -17.5. The summed E-state index contributed by atoms with van der Waals surface area (Å²) in [5, 5.41) is 0.895. The number of hydrogen-bond donors (Lipinski definition) is 2. The molecule has 2 rings (SSSR count). The fourth-order valence-corrected chi connectivity index (χ4v) is 2.47. The molecule has 0 fully saturated rings. The smallest absolute Gasteiger partial charge is 0.346 e. The van der Waals surface area contributed by atoms with E-state index >= 15 is 0 Å². The molecule has 0 bridgehead atoms. The van der Waals surface area contributed by atoms with Crippen molar-refractivity contribution in [1.82, 2.24) is 5.32 Å². The van der Waals surface area contributed by atoms with Crippen molar-refractivity contribution >= 4 is 23.2 Å². The van der Waals surface area contributed by atoms with E-state index in [0.717, 1.165) is 22.8 Å². The first-order chi connectivity index (χ1) is 13.6. The first-order valence-corrected chi connectivity index (χ1v) is 8.12. The minimum atomic E-state index is -6.23. The number of carbonyl (C=O) groups excluding carboxylic acids is 1. The van der Waals surface area contributed by atoms with Gasteiger partial charge in [0.25, 0.3) is 5.91 Å². The summed E-state index contributed by atoms with van der Waals surface area (Å²) in [6, 6.07) is 6.46. The van der Waals surface area contributed by atoms with Crippen molar-refractivity contribution in [3.8, 4) is 0 Å². The van der Waals surface area contributed by atoms with E-state index in [1.54, 1.807) is 0 Å². The highest BCUT2D eigenvalue weighted by Crippen LogP contribution is 2.45. The fraction of sp³-hybridized carbons (Fsp3) is 0.235. The van der Waals surface area contributed by atoms with Gasteiger partial charge in [-0.05, 0) is 30.3 Å². The number of halogens is 10. The molecule has 0 aromatic heterocycles. The van der Waals surface area contributed by atoms with Gasteiger partial charge >= 0.3 is 24.2 Å². The molecule has 0 radical (unpaired) electrons. The second-order valence-corrected chi connectivity index (χ2v) is 6.29. The van der Waals surface area contributed by atoms with E-state index in [1.165, 1.54) is 18.2 Å². The first-order valence-electron chi connectivity index (χ1n) is 7.74.